The summed E-state index contributed by atoms with van der Waals surface area (Å²) >= 11 is 2.68. The van der Waals surface area contributed by atoms with Crippen molar-refractivity contribution in [2.75, 3.05) is 0 Å². The predicted octanol–water partition coefficient (Wildman–Crippen LogP) is 4.40. The first-order chi connectivity index (χ1) is 9.28. The van der Waals surface area contributed by atoms with E-state index in [1.807, 2.05) is 24.3 Å². The molecule has 0 aliphatic heterocycles. The number of rotatable bonds is 3. The van der Waals surface area contributed by atoms with Crippen LogP contribution in [0.4, 0.5) is 4.39 Å². The third-order valence-electron chi connectivity index (χ3n) is 2.59. The highest BCUT2D eigenvalue weighted by Crippen LogP contribution is 2.36. The molecule has 19 heavy (non-hydrogen) atoms. The van der Waals surface area contributed by atoms with Crippen LogP contribution in [0.15, 0.2) is 51.7 Å². The van der Waals surface area contributed by atoms with Crippen LogP contribution in [-0.2, 0) is 0 Å². The molecule has 0 amide bonds. The van der Waals surface area contributed by atoms with Crippen molar-refractivity contribution in [1.29, 1.82) is 0 Å². The topological polar surface area (TPSA) is 30.0 Å². The molecular weight excluding hydrogens is 281 g/mol. The molecule has 1 aromatic heterocycles. The molecule has 3 rings (SSSR count). The third kappa shape index (κ3) is 2.39. The van der Waals surface area contributed by atoms with E-state index in [0.717, 1.165) is 14.6 Å². The molecule has 0 saturated carbocycles. The molecule has 0 bridgehead atoms. The average molecular weight is 289 g/mol. The van der Waals surface area contributed by atoms with Gasteiger partial charge in [-0.1, -0.05) is 36.0 Å². The van der Waals surface area contributed by atoms with E-state index in [-0.39, 0.29) is 0 Å². The van der Waals surface area contributed by atoms with Crippen LogP contribution < -0.4 is 0 Å². The Morgan fingerprint density at radius 3 is 2.79 bits per heavy atom. The number of para-hydroxylation sites is 1. The van der Waals surface area contributed by atoms with Gasteiger partial charge in [-0.25, -0.2) is 9.37 Å². The molecule has 2 nitrogen and oxygen atoms in total. The minimum absolute atomic E-state index is 0.330. The average Bonchev–Trinajstić information content (AvgIpc) is 2.83. The highest BCUT2D eigenvalue weighted by Gasteiger charge is 2.12. The van der Waals surface area contributed by atoms with Crippen LogP contribution >= 0.6 is 23.1 Å². The summed E-state index contributed by atoms with van der Waals surface area (Å²) in [6.07, 6.45) is 0.665. The molecule has 0 saturated heterocycles. The Labute approximate surface area is 117 Å². The second-order valence-corrected chi connectivity index (χ2v) is 6.11. The highest BCUT2D eigenvalue weighted by molar-refractivity contribution is 8.01. The summed E-state index contributed by atoms with van der Waals surface area (Å²) < 4.78 is 15.6. The number of benzene rings is 2. The van der Waals surface area contributed by atoms with Crippen molar-refractivity contribution in [3.63, 3.8) is 0 Å². The van der Waals surface area contributed by atoms with E-state index in [1.54, 1.807) is 6.07 Å². The number of hydrogen-bond acceptors (Lipinski definition) is 4. The lowest BCUT2D eigenvalue weighted by atomic mass is 10.2. The number of hydrogen-bond donors (Lipinski definition) is 0. The van der Waals surface area contributed by atoms with Gasteiger partial charge in [0, 0.05) is 5.56 Å². The van der Waals surface area contributed by atoms with Crippen LogP contribution in [0.2, 0.25) is 0 Å². The van der Waals surface area contributed by atoms with Gasteiger partial charge in [-0.05, 0) is 18.2 Å². The lowest BCUT2D eigenvalue weighted by Gasteiger charge is -2.02. The van der Waals surface area contributed by atoms with Crippen molar-refractivity contribution >= 4 is 39.6 Å². The number of nitrogens with zero attached hydrogens (tertiary/aromatic N) is 1. The van der Waals surface area contributed by atoms with E-state index in [0.29, 0.717) is 16.7 Å². The first-order valence-electron chi connectivity index (χ1n) is 5.55. The van der Waals surface area contributed by atoms with Crippen molar-refractivity contribution in [2.45, 2.75) is 9.24 Å². The lowest BCUT2D eigenvalue weighted by molar-refractivity contribution is 0.112. The molecule has 94 valence electrons. The molecule has 0 spiro atoms. The van der Waals surface area contributed by atoms with E-state index in [4.69, 9.17) is 0 Å². The maximum atomic E-state index is 13.8. The van der Waals surface area contributed by atoms with Gasteiger partial charge in [0.05, 0.1) is 15.1 Å². The number of thiazole rings is 1. The van der Waals surface area contributed by atoms with Crippen LogP contribution in [0.5, 0.6) is 0 Å². The number of halogens is 1. The summed E-state index contributed by atoms with van der Waals surface area (Å²) in [4.78, 5) is 15.7. The lowest BCUT2D eigenvalue weighted by Crippen LogP contribution is -1.89. The Bertz CT molecular complexity index is 721. The Hall–Kier alpha value is -1.72. The van der Waals surface area contributed by atoms with Crippen LogP contribution in [0.3, 0.4) is 0 Å². The molecule has 3 aromatic rings. The molecule has 0 fully saturated rings. The first kappa shape index (κ1) is 12.3. The first-order valence-corrected chi connectivity index (χ1v) is 7.18. The van der Waals surface area contributed by atoms with E-state index in [1.165, 1.54) is 35.2 Å². The van der Waals surface area contributed by atoms with Crippen molar-refractivity contribution in [1.82, 2.24) is 4.98 Å². The van der Waals surface area contributed by atoms with Crippen molar-refractivity contribution in [3.05, 3.63) is 53.8 Å². The minimum atomic E-state index is -0.395. The maximum Gasteiger partial charge on any atom is 0.156 e. The monoisotopic (exact) mass is 289 g/mol. The fourth-order valence-electron chi connectivity index (χ4n) is 1.71. The van der Waals surface area contributed by atoms with Crippen LogP contribution in [0.25, 0.3) is 10.2 Å². The number of fused-ring (bicyclic) bond motifs is 1. The number of carbonyl (C=O) groups excluding carboxylic acids is 1. The van der Waals surface area contributed by atoms with E-state index >= 15 is 0 Å². The standard InChI is InChI=1S/C14H8FNOS2/c15-10-5-3-4-9(8-17)13(10)19-14-16-11-6-1-2-7-12(11)18-14/h1-8H. The zero-order valence-corrected chi connectivity index (χ0v) is 11.3. The van der Waals surface area contributed by atoms with Gasteiger partial charge in [0.1, 0.15) is 5.82 Å². The number of aromatic nitrogens is 1. The predicted molar refractivity (Wildman–Crippen MR) is 75.5 cm³/mol. The second kappa shape index (κ2) is 5.11. The van der Waals surface area contributed by atoms with Gasteiger partial charge in [-0.15, -0.1) is 11.3 Å². The van der Waals surface area contributed by atoms with Crippen molar-refractivity contribution < 1.29 is 9.18 Å². The van der Waals surface area contributed by atoms with Gasteiger partial charge in [0.15, 0.2) is 10.6 Å². The zero-order valence-electron chi connectivity index (χ0n) is 9.67. The van der Waals surface area contributed by atoms with Gasteiger partial charge < -0.3 is 0 Å². The van der Waals surface area contributed by atoms with Crippen molar-refractivity contribution in [3.8, 4) is 0 Å². The molecule has 0 atom stereocenters. The minimum Gasteiger partial charge on any atom is -0.298 e. The largest absolute Gasteiger partial charge is 0.298 e. The summed E-state index contributed by atoms with van der Waals surface area (Å²) in [5, 5.41) is 0. The van der Waals surface area contributed by atoms with Crippen LogP contribution in [0.1, 0.15) is 10.4 Å². The molecule has 0 radical (unpaired) electrons. The Morgan fingerprint density at radius 2 is 2.00 bits per heavy atom. The van der Waals surface area contributed by atoms with Gasteiger partial charge in [-0.3, -0.25) is 4.79 Å². The molecule has 5 heteroatoms. The molecular formula is C14H8FNOS2. The SMILES string of the molecule is O=Cc1cccc(F)c1Sc1nc2ccccc2s1. The molecule has 0 aliphatic rings. The maximum absolute atomic E-state index is 13.8. The number of carbonyl (C=O) groups is 1. The molecule has 1 heterocycles. The third-order valence-corrected chi connectivity index (χ3v) is 4.82. The molecule has 0 N–H and O–H groups in total. The Morgan fingerprint density at radius 1 is 1.16 bits per heavy atom. The number of aldehydes is 1. The van der Waals surface area contributed by atoms with Crippen LogP contribution in [-0.4, -0.2) is 11.3 Å². The summed E-state index contributed by atoms with van der Waals surface area (Å²) in [5.41, 5.74) is 1.24. The Kier molecular flexibility index (Phi) is 3.31. The fourth-order valence-corrected chi connectivity index (χ4v) is 3.81. The fraction of sp³-hybridized carbons (Fsp3) is 0. The molecule has 0 unspecified atom stereocenters. The van der Waals surface area contributed by atoms with E-state index in [2.05, 4.69) is 4.98 Å². The van der Waals surface area contributed by atoms with Gasteiger partial charge in [-0.2, -0.15) is 0 Å². The second-order valence-electron chi connectivity index (χ2n) is 3.83. The Balaban J connectivity index is 2.03. The highest BCUT2D eigenvalue weighted by atomic mass is 32.2. The van der Waals surface area contributed by atoms with E-state index < -0.39 is 5.82 Å². The van der Waals surface area contributed by atoms with Gasteiger partial charge in [0.25, 0.3) is 0 Å². The van der Waals surface area contributed by atoms with Crippen LogP contribution in [0, 0.1) is 5.82 Å². The van der Waals surface area contributed by atoms with Gasteiger partial charge in [0.2, 0.25) is 0 Å². The molecule has 0 aliphatic carbocycles. The molecule has 2 aromatic carbocycles. The summed E-state index contributed by atoms with van der Waals surface area (Å²) in [6.45, 7) is 0. The van der Waals surface area contributed by atoms with E-state index in [9.17, 15) is 9.18 Å². The summed E-state index contributed by atoms with van der Waals surface area (Å²) in [7, 11) is 0. The zero-order chi connectivity index (χ0) is 13.2. The smallest absolute Gasteiger partial charge is 0.156 e. The van der Waals surface area contributed by atoms with Crippen molar-refractivity contribution in [2.24, 2.45) is 0 Å². The quantitative estimate of drug-likeness (QED) is 0.669. The summed E-state index contributed by atoms with van der Waals surface area (Å²) in [6, 6.07) is 12.2. The van der Waals surface area contributed by atoms with Gasteiger partial charge >= 0.3 is 0 Å². The normalized spacial score (nSPS) is 10.8. The summed E-state index contributed by atoms with van der Waals surface area (Å²) in [5.74, 6) is -0.395.